The first-order valence-corrected chi connectivity index (χ1v) is 8.69. The normalized spacial score (nSPS) is 10.6. The van der Waals surface area contributed by atoms with Gasteiger partial charge in [-0.15, -0.1) is 0 Å². The average molecular weight is 435 g/mol. The Morgan fingerprint density at radius 2 is 1.85 bits per heavy atom. The van der Waals surface area contributed by atoms with Crippen molar-refractivity contribution in [1.29, 1.82) is 0 Å². The SMILES string of the molecule is COc1c(C(=O)Nc2ccc(C(=O)O)c(Cl)c2)cc2ccccc2c1Br. The first-order valence-electron chi connectivity index (χ1n) is 7.51. The molecule has 0 fully saturated rings. The number of hydrogen-bond donors (Lipinski definition) is 2. The number of halogens is 2. The van der Waals surface area contributed by atoms with Gasteiger partial charge in [0.15, 0.2) is 0 Å². The molecule has 2 N–H and O–H groups in total. The van der Waals surface area contributed by atoms with Crippen molar-refractivity contribution in [3.63, 3.8) is 0 Å². The fraction of sp³-hybridized carbons (Fsp3) is 0.0526. The number of carbonyl (C=O) groups is 2. The predicted molar refractivity (Wildman–Crippen MR) is 105 cm³/mol. The van der Waals surface area contributed by atoms with Crippen molar-refractivity contribution in [1.82, 2.24) is 0 Å². The molecule has 0 aromatic heterocycles. The Kier molecular flexibility index (Phi) is 5.15. The van der Waals surface area contributed by atoms with Gasteiger partial charge in [0.25, 0.3) is 5.91 Å². The van der Waals surface area contributed by atoms with Gasteiger partial charge >= 0.3 is 5.97 Å². The molecule has 0 radical (unpaired) electrons. The fourth-order valence-electron chi connectivity index (χ4n) is 2.62. The molecule has 0 heterocycles. The third-order valence-corrected chi connectivity index (χ3v) is 4.95. The molecular weight excluding hydrogens is 422 g/mol. The first-order chi connectivity index (χ1) is 12.4. The zero-order valence-electron chi connectivity index (χ0n) is 13.5. The molecule has 0 atom stereocenters. The third kappa shape index (κ3) is 3.38. The van der Waals surface area contributed by atoms with E-state index in [1.54, 1.807) is 6.07 Å². The summed E-state index contributed by atoms with van der Waals surface area (Å²) in [6.45, 7) is 0. The van der Waals surface area contributed by atoms with Gasteiger partial charge in [0.2, 0.25) is 0 Å². The topological polar surface area (TPSA) is 75.6 Å². The van der Waals surface area contributed by atoms with Crippen LogP contribution in [0.25, 0.3) is 10.8 Å². The summed E-state index contributed by atoms with van der Waals surface area (Å²) >= 11 is 9.44. The number of ether oxygens (including phenoxy) is 1. The summed E-state index contributed by atoms with van der Waals surface area (Å²) in [4.78, 5) is 23.8. The molecule has 3 aromatic rings. The van der Waals surface area contributed by atoms with Crippen LogP contribution in [0.4, 0.5) is 5.69 Å². The van der Waals surface area contributed by atoms with E-state index in [-0.39, 0.29) is 10.6 Å². The molecule has 1 amide bonds. The highest BCUT2D eigenvalue weighted by atomic mass is 79.9. The van der Waals surface area contributed by atoms with Crippen LogP contribution in [0.15, 0.2) is 53.0 Å². The summed E-state index contributed by atoms with van der Waals surface area (Å²) in [6, 6.07) is 13.6. The highest BCUT2D eigenvalue weighted by molar-refractivity contribution is 9.10. The van der Waals surface area contributed by atoms with Crippen LogP contribution >= 0.6 is 27.5 Å². The van der Waals surface area contributed by atoms with Gasteiger partial charge in [-0.2, -0.15) is 0 Å². The Balaban J connectivity index is 2.00. The van der Waals surface area contributed by atoms with Crippen LogP contribution in [0, 0.1) is 0 Å². The monoisotopic (exact) mass is 433 g/mol. The second-order valence-electron chi connectivity index (χ2n) is 5.45. The molecule has 0 bridgehead atoms. The summed E-state index contributed by atoms with van der Waals surface area (Å²) in [5.41, 5.74) is 0.698. The second-order valence-corrected chi connectivity index (χ2v) is 6.65. The van der Waals surface area contributed by atoms with Gasteiger partial charge in [0.1, 0.15) is 5.75 Å². The molecule has 0 aliphatic carbocycles. The van der Waals surface area contributed by atoms with E-state index in [1.807, 2.05) is 24.3 Å². The van der Waals surface area contributed by atoms with Crippen molar-refractivity contribution in [2.45, 2.75) is 0 Å². The highest BCUT2D eigenvalue weighted by Gasteiger charge is 2.19. The lowest BCUT2D eigenvalue weighted by atomic mass is 10.0. The van der Waals surface area contributed by atoms with E-state index < -0.39 is 11.9 Å². The molecule has 0 aliphatic heterocycles. The van der Waals surface area contributed by atoms with Gasteiger partial charge in [-0.1, -0.05) is 35.9 Å². The van der Waals surface area contributed by atoms with Gasteiger partial charge in [0, 0.05) is 5.69 Å². The molecule has 7 heteroatoms. The average Bonchev–Trinajstić information content (AvgIpc) is 2.61. The molecule has 132 valence electrons. The van der Waals surface area contributed by atoms with Crippen LogP contribution < -0.4 is 10.1 Å². The Morgan fingerprint density at radius 3 is 2.50 bits per heavy atom. The molecule has 0 saturated carbocycles. The quantitative estimate of drug-likeness (QED) is 0.591. The van der Waals surface area contributed by atoms with Gasteiger partial charge in [-0.05, 0) is 51.0 Å². The number of amides is 1. The largest absolute Gasteiger partial charge is 0.495 e. The van der Waals surface area contributed by atoms with E-state index in [0.717, 1.165) is 10.8 Å². The van der Waals surface area contributed by atoms with Crippen molar-refractivity contribution < 1.29 is 19.4 Å². The minimum Gasteiger partial charge on any atom is -0.495 e. The zero-order chi connectivity index (χ0) is 18.8. The molecule has 0 aliphatic rings. The number of benzene rings is 3. The first kappa shape index (κ1) is 18.2. The van der Waals surface area contributed by atoms with Crippen LogP contribution in [-0.2, 0) is 0 Å². The molecule has 3 rings (SSSR count). The molecule has 0 unspecified atom stereocenters. The number of fused-ring (bicyclic) bond motifs is 1. The standard InChI is InChI=1S/C19H13BrClNO4/c1-26-17-14(8-10-4-2-3-5-12(10)16(17)20)18(23)22-11-6-7-13(19(24)25)15(21)9-11/h2-9H,1H3,(H,22,23)(H,24,25). The summed E-state index contributed by atoms with van der Waals surface area (Å²) in [5.74, 6) is -1.12. The number of aromatic carboxylic acids is 1. The van der Waals surface area contributed by atoms with Crippen LogP contribution in [0.3, 0.4) is 0 Å². The number of carbonyl (C=O) groups excluding carboxylic acids is 1. The Labute approximate surface area is 162 Å². The van der Waals surface area contributed by atoms with Gasteiger partial charge in [-0.3, -0.25) is 4.79 Å². The van der Waals surface area contributed by atoms with Crippen molar-refractivity contribution in [2.75, 3.05) is 12.4 Å². The number of anilines is 1. The lowest BCUT2D eigenvalue weighted by Gasteiger charge is -2.14. The van der Waals surface area contributed by atoms with Crippen LogP contribution in [0.1, 0.15) is 20.7 Å². The maximum Gasteiger partial charge on any atom is 0.337 e. The zero-order valence-corrected chi connectivity index (χ0v) is 15.9. The van der Waals surface area contributed by atoms with Crippen molar-refractivity contribution in [3.8, 4) is 5.75 Å². The van der Waals surface area contributed by atoms with Crippen molar-refractivity contribution >= 4 is 55.9 Å². The molecule has 0 saturated heterocycles. The molecule has 26 heavy (non-hydrogen) atoms. The maximum atomic E-state index is 12.7. The van der Waals surface area contributed by atoms with E-state index in [9.17, 15) is 9.59 Å². The number of hydrogen-bond acceptors (Lipinski definition) is 3. The number of carboxylic acids is 1. The van der Waals surface area contributed by atoms with Gasteiger partial charge < -0.3 is 15.2 Å². The number of methoxy groups -OCH3 is 1. The molecule has 5 nitrogen and oxygen atoms in total. The van der Waals surface area contributed by atoms with E-state index >= 15 is 0 Å². The van der Waals surface area contributed by atoms with Crippen LogP contribution in [-0.4, -0.2) is 24.1 Å². The Bertz CT molecular complexity index is 1040. The van der Waals surface area contributed by atoms with E-state index in [4.69, 9.17) is 21.4 Å². The van der Waals surface area contributed by atoms with Crippen LogP contribution in [0.2, 0.25) is 5.02 Å². The molecule has 3 aromatic carbocycles. The minimum atomic E-state index is -1.13. The summed E-state index contributed by atoms with van der Waals surface area (Å²) in [5, 5.41) is 13.6. The number of carboxylic acid groups (broad SMARTS) is 1. The van der Waals surface area contributed by atoms with Crippen LogP contribution in [0.5, 0.6) is 5.75 Å². The van der Waals surface area contributed by atoms with Gasteiger partial charge in [-0.25, -0.2) is 4.79 Å². The van der Waals surface area contributed by atoms with E-state index in [1.165, 1.54) is 25.3 Å². The third-order valence-electron chi connectivity index (χ3n) is 3.85. The molecule has 0 spiro atoms. The van der Waals surface area contributed by atoms with E-state index in [0.29, 0.717) is 21.5 Å². The van der Waals surface area contributed by atoms with Gasteiger partial charge in [0.05, 0.1) is 27.7 Å². The summed E-state index contributed by atoms with van der Waals surface area (Å²) in [7, 11) is 1.49. The van der Waals surface area contributed by atoms with Crippen molar-refractivity contribution in [3.05, 3.63) is 69.2 Å². The smallest absolute Gasteiger partial charge is 0.337 e. The summed E-state index contributed by atoms with van der Waals surface area (Å²) < 4.78 is 6.09. The lowest BCUT2D eigenvalue weighted by Crippen LogP contribution is -2.14. The molecular formula is C19H13BrClNO4. The van der Waals surface area contributed by atoms with E-state index in [2.05, 4.69) is 21.2 Å². The predicted octanol–water partition coefficient (Wildman–Crippen LogP) is 5.21. The van der Waals surface area contributed by atoms with Crippen molar-refractivity contribution in [2.24, 2.45) is 0 Å². The minimum absolute atomic E-state index is 0.0318. The Morgan fingerprint density at radius 1 is 1.12 bits per heavy atom. The fourth-order valence-corrected chi connectivity index (χ4v) is 3.62. The number of rotatable bonds is 4. The number of nitrogens with one attached hydrogen (secondary N) is 1. The second kappa shape index (κ2) is 7.35. The Hall–Kier alpha value is -2.57. The summed E-state index contributed by atoms with van der Waals surface area (Å²) in [6.07, 6.45) is 0. The lowest BCUT2D eigenvalue weighted by molar-refractivity contribution is 0.0697. The maximum absolute atomic E-state index is 12.7. The highest BCUT2D eigenvalue weighted by Crippen LogP contribution is 2.37.